The summed E-state index contributed by atoms with van der Waals surface area (Å²) in [5, 5.41) is 8.32. The number of hydrogen-bond acceptors (Lipinski definition) is 5. The summed E-state index contributed by atoms with van der Waals surface area (Å²) in [5.41, 5.74) is 1.43. The molecule has 1 aromatic heterocycles. The molecule has 0 radical (unpaired) electrons. The fourth-order valence-corrected chi connectivity index (χ4v) is 3.78. The van der Waals surface area contributed by atoms with Crippen LogP contribution in [0.1, 0.15) is 35.8 Å². The second-order valence-electron chi connectivity index (χ2n) is 7.83. The summed E-state index contributed by atoms with van der Waals surface area (Å²) < 4.78 is 7.15. The average Bonchev–Trinajstić information content (AvgIpc) is 3.30. The Labute approximate surface area is 191 Å². The molecular weight excluding hydrogens is 428 g/mol. The van der Waals surface area contributed by atoms with E-state index in [-0.39, 0.29) is 11.8 Å². The lowest BCUT2D eigenvalue weighted by Gasteiger charge is -2.32. The van der Waals surface area contributed by atoms with E-state index in [1.165, 1.54) is 11.6 Å². The van der Waals surface area contributed by atoms with E-state index in [0.717, 1.165) is 36.4 Å². The third-order valence-corrected chi connectivity index (χ3v) is 5.71. The van der Waals surface area contributed by atoms with Gasteiger partial charge >= 0.3 is 6.03 Å². The molecule has 0 spiro atoms. The summed E-state index contributed by atoms with van der Waals surface area (Å²) >= 11 is 5.92. The molecule has 8 heteroatoms. The summed E-state index contributed by atoms with van der Waals surface area (Å²) in [6.45, 7) is 3.45. The quantitative estimate of drug-likeness (QED) is 0.546. The van der Waals surface area contributed by atoms with Crippen molar-refractivity contribution in [1.82, 2.24) is 20.0 Å². The van der Waals surface area contributed by atoms with Crippen LogP contribution in [0.3, 0.4) is 0 Å². The number of ether oxygens (including phenoxy) is 1. The van der Waals surface area contributed by atoms with Gasteiger partial charge in [0.15, 0.2) is 5.78 Å². The number of nitrogens with one attached hydrogen (secondary N) is 1. The molecule has 7 nitrogen and oxygen atoms in total. The molecule has 0 unspecified atom stereocenters. The predicted molar refractivity (Wildman–Crippen MR) is 122 cm³/mol. The highest BCUT2D eigenvalue weighted by Crippen LogP contribution is 2.24. The van der Waals surface area contributed by atoms with Crippen LogP contribution in [0.4, 0.5) is 4.79 Å². The Bertz CT molecular complexity index is 1090. The van der Waals surface area contributed by atoms with Crippen LogP contribution >= 0.6 is 11.6 Å². The summed E-state index contributed by atoms with van der Waals surface area (Å²) in [6.07, 6.45) is 3.25. The zero-order valence-corrected chi connectivity index (χ0v) is 18.6. The molecule has 32 heavy (non-hydrogen) atoms. The minimum Gasteiger partial charge on any atom is -0.457 e. The van der Waals surface area contributed by atoms with Gasteiger partial charge < -0.3 is 15.0 Å². The molecule has 0 atom stereocenters. The molecule has 0 bridgehead atoms. The van der Waals surface area contributed by atoms with Crippen LogP contribution in [0.25, 0.3) is 0 Å². The Balaban J connectivity index is 1.26. The van der Waals surface area contributed by atoms with Crippen LogP contribution in [-0.2, 0) is 6.54 Å². The summed E-state index contributed by atoms with van der Waals surface area (Å²) in [6, 6.07) is 17.0. The third-order valence-electron chi connectivity index (χ3n) is 5.45. The number of Topliss-reactive ketones (excluding diaryl/α,β-unsaturated/α-hetero) is 1. The number of piperidine rings is 1. The summed E-state index contributed by atoms with van der Waals surface area (Å²) in [4.78, 5) is 25.8. The van der Waals surface area contributed by atoms with Crippen LogP contribution in [0.2, 0.25) is 5.02 Å². The van der Waals surface area contributed by atoms with E-state index >= 15 is 0 Å². The molecule has 166 valence electrons. The van der Waals surface area contributed by atoms with Gasteiger partial charge in [-0.2, -0.15) is 9.78 Å². The number of halogens is 1. The Hall–Kier alpha value is -3.16. The van der Waals surface area contributed by atoms with Gasteiger partial charge in [-0.15, -0.1) is 0 Å². The smallest absolute Gasteiger partial charge is 0.344 e. The predicted octanol–water partition coefficient (Wildman–Crippen LogP) is 4.75. The monoisotopic (exact) mass is 452 g/mol. The largest absolute Gasteiger partial charge is 0.457 e. The van der Waals surface area contributed by atoms with Crippen molar-refractivity contribution < 1.29 is 14.3 Å². The number of nitrogens with zero attached hydrogens (tertiary/aromatic N) is 3. The maximum Gasteiger partial charge on any atom is 0.344 e. The van der Waals surface area contributed by atoms with Gasteiger partial charge in [-0.05, 0) is 60.9 Å². The third kappa shape index (κ3) is 5.55. The van der Waals surface area contributed by atoms with E-state index in [0.29, 0.717) is 29.8 Å². The normalized spacial score (nSPS) is 14.4. The number of carbonyl (C=O) groups is 2. The highest BCUT2D eigenvalue weighted by molar-refractivity contribution is 6.30. The molecule has 1 fully saturated rings. The topological polar surface area (TPSA) is 76.5 Å². The molecule has 3 aromatic rings. The van der Waals surface area contributed by atoms with E-state index in [1.54, 1.807) is 29.3 Å². The van der Waals surface area contributed by atoms with Gasteiger partial charge in [0.05, 0.1) is 0 Å². The van der Waals surface area contributed by atoms with Crippen LogP contribution in [0, 0.1) is 0 Å². The van der Waals surface area contributed by atoms with Gasteiger partial charge in [0.25, 0.3) is 0 Å². The van der Waals surface area contributed by atoms with Crippen LogP contribution in [-0.4, -0.2) is 45.6 Å². The SMILES string of the molecule is CC(=O)c1ccn(C(=O)N2CCC(NCc3cccc(Oc4ccc(Cl)cc4)c3)CC2)n1. The minimum absolute atomic E-state index is 0.151. The zero-order valence-electron chi connectivity index (χ0n) is 17.8. The highest BCUT2D eigenvalue weighted by Gasteiger charge is 2.24. The first-order valence-electron chi connectivity index (χ1n) is 10.6. The number of benzene rings is 2. The molecular formula is C24H25ClN4O3. The first-order valence-corrected chi connectivity index (χ1v) is 11.0. The maximum absolute atomic E-state index is 12.6. The second kappa shape index (κ2) is 9.97. The van der Waals surface area contributed by atoms with Crippen LogP contribution in [0.15, 0.2) is 60.8 Å². The van der Waals surface area contributed by atoms with Crippen LogP contribution < -0.4 is 10.1 Å². The lowest BCUT2D eigenvalue weighted by Crippen LogP contribution is -2.46. The van der Waals surface area contributed by atoms with E-state index in [4.69, 9.17) is 16.3 Å². The fraction of sp³-hybridized carbons (Fsp3) is 0.292. The number of aromatic nitrogens is 2. The second-order valence-corrected chi connectivity index (χ2v) is 8.27. The molecule has 0 saturated carbocycles. The van der Waals surface area contributed by atoms with Crippen molar-refractivity contribution in [2.75, 3.05) is 13.1 Å². The highest BCUT2D eigenvalue weighted by atomic mass is 35.5. The first kappa shape index (κ1) is 22.0. The van der Waals surface area contributed by atoms with Crippen molar-refractivity contribution in [3.63, 3.8) is 0 Å². The number of rotatable bonds is 6. The Morgan fingerprint density at radius 1 is 1.09 bits per heavy atom. The molecule has 2 aromatic carbocycles. The number of ketones is 1. The number of carbonyl (C=O) groups excluding carboxylic acids is 2. The van der Waals surface area contributed by atoms with Gasteiger partial charge in [-0.25, -0.2) is 4.79 Å². The molecule has 1 saturated heterocycles. The standard InChI is InChI=1S/C24H25ClN4O3/c1-17(30)23-11-14-29(27-23)24(31)28-12-9-20(10-13-28)26-16-18-3-2-4-22(15-18)32-21-7-5-19(25)6-8-21/h2-8,11,14-15,20,26H,9-10,12-13,16H2,1H3. The van der Waals surface area contributed by atoms with Gasteiger partial charge in [0, 0.05) is 43.8 Å². The van der Waals surface area contributed by atoms with E-state index in [9.17, 15) is 9.59 Å². The lowest BCUT2D eigenvalue weighted by molar-refractivity contribution is 0.101. The molecule has 1 aliphatic rings. The molecule has 1 amide bonds. The molecule has 2 heterocycles. The minimum atomic E-state index is -0.192. The number of likely N-dealkylation sites (tertiary alicyclic amines) is 1. The maximum atomic E-state index is 12.6. The van der Waals surface area contributed by atoms with Gasteiger partial charge in [0.1, 0.15) is 17.2 Å². The van der Waals surface area contributed by atoms with Crippen molar-refractivity contribution in [1.29, 1.82) is 0 Å². The van der Waals surface area contributed by atoms with Gasteiger partial charge in [-0.1, -0.05) is 23.7 Å². The summed E-state index contributed by atoms with van der Waals surface area (Å²) in [7, 11) is 0. The molecule has 0 aliphatic carbocycles. The molecule has 4 rings (SSSR count). The lowest BCUT2D eigenvalue weighted by atomic mass is 10.0. The van der Waals surface area contributed by atoms with Crippen molar-refractivity contribution in [3.8, 4) is 11.5 Å². The zero-order chi connectivity index (χ0) is 22.5. The van der Waals surface area contributed by atoms with E-state index in [1.807, 2.05) is 30.3 Å². The van der Waals surface area contributed by atoms with Crippen molar-refractivity contribution in [2.24, 2.45) is 0 Å². The van der Waals surface area contributed by atoms with Crippen molar-refractivity contribution in [3.05, 3.63) is 77.1 Å². The molecule has 1 aliphatic heterocycles. The summed E-state index contributed by atoms with van der Waals surface area (Å²) in [5.74, 6) is 1.36. The van der Waals surface area contributed by atoms with Crippen molar-refractivity contribution >= 4 is 23.4 Å². The number of hydrogen-bond donors (Lipinski definition) is 1. The average molecular weight is 453 g/mol. The Morgan fingerprint density at radius 2 is 1.84 bits per heavy atom. The molecule has 1 N–H and O–H groups in total. The Kier molecular flexibility index (Phi) is 6.87. The number of amides is 1. The first-order chi connectivity index (χ1) is 15.5. The van der Waals surface area contributed by atoms with Crippen LogP contribution in [0.5, 0.6) is 11.5 Å². The van der Waals surface area contributed by atoms with Gasteiger partial charge in [-0.3, -0.25) is 4.79 Å². The van der Waals surface area contributed by atoms with E-state index < -0.39 is 0 Å². The van der Waals surface area contributed by atoms with Crippen molar-refractivity contribution in [2.45, 2.75) is 32.4 Å². The fourth-order valence-electron chi connectivity index (χ4n) is 3.66. The van der Waals surface area contributed by atoms with E-state index in [2.05, 4.69) is 16.5 Å². The van der Waals surface area contributed by atoms with Gasteiger partial charge in [0.2, 0.25) is 0 Å². The Morgan fingerprint density at radius 3 is 2.53 bits per heavy atom.